The normalized spacial score (nSPS) is 12.2. The summed E-state index contributed by atoms with van der Waals surface area (Å²) in [7, 11) is 1.43. The zero-order valence-electron chi connectivity index (χ0n) is 19.6. The van der Waals surface area contributed by atoms with Crippen LogP contribution in [0.4, 0.5) is 0 Å². The van der Waals surface area contributed by atoms with Crippen LogP contribution in [0, 0.1) is 0 Å². The molecule has 7 nitrogen and oxygen atoms in total. The quantitative estimate of drug-likeness (QED) is 0.215. The minimum absolute atomic E-state index is 0.0643. The number of nitrogens with one attached hydrogen (secondary N) is 1. The van der Waals surface area contributed by atoms with Crippen LogP contribution in [0.15, 0.2) is 66.9 Å². The molecule has 0 spiro atoms. The smallest absolute Gasteiger partial charge is 0.325 e. The average Bonchev–Trinajstić information content (AvgIpc) is 2.87. The van der Waals surface area contributed by atoms with Gasteiger partial charge in [0.25, 0.3) is 0 Å². The van der Waals surface area contributed by atoms with E-state index in [1.165, 1.54) is 26.3 Å². The van der Waals surface area contributed by atoms with Gasteiger partial charge in [0, 0.05) is 30.6 Å². The number of ether oxygens (including phenoxy) is 3. The first-order valence-corrected chi connectivity index (χ1v) is 12.3. The molecule has 1 N–H and O–H groups in total. The van der Waals surface area contributed by atoms with Crippen LogP contribution in [0.2, 0.25) is 5.02 Å². The van der Waals surface area contributed by atoms with Gasteiger partial charge in [-0.3, -0.25) is 9.59 Å². The fourth-order valence-electron chi connectivity index (χ4n) is 3.42. The van der Waals surface area contributed by atoms with E-state index in [1.807, 2.05) is 48.5 Å². The van der Waals surface area contributed by atoms with Crippen LogP contribution in [0.1, 0.15) is 29.0 Å². The van der Waals surface area contributed by atoms with Crippen LogP contribution in [-0.4, -0.2) is 41.7 Å². The lowest BCUT2D eigenvalue weighted by molar-refractivity contribution is -0.147. The second kappa shape index (κ2) is 13.2. The van der Waals surface area contributed by atoms with Crippen LogP contribution in [0.3, 0.4) is 0 Å². The fourth-order valence-corrected chi connectivity index (χ4v) is 4.36. The molecule has 0 fully saturated rings. The number of esters is 2. The van der Waals surface area contributed by atoms with E-state index in [9.17, 15) is 9.59 Å². The van der Waals surface area contributed by atoms with Crippen LogP contribution < -0.4 is 14.8 Å². The third-order valence-corrected chi connectivity index (χ3v) is 6.37. The van der Waals surface area contributed by atoms with E-state index in [1.54, 1.807) is 6.07 Å². The van der Waals surface area contributed by atoms with Crippen LogP contribution in [-0.2, 0) is 20.7 Å². The van der Waals surface area contributed by atoms with Crippen LogP contribution >= 0.6 is 36.4 Å². The molecule has 3 rings (SSSR count). The Morgan fingerprint density at radius 3 is 2.47 bits per heavy atom. The van der Waals surface area contributed by atoms with Crippen molar-refractivity contribution in [1.82, 2.24) is 10.3 Å². The highest BCUT2D eigenvalue weighted by molar-refractivity contribution is 7.80. The highest BCUT2D eigenvalue weighted by Gasteiger charge is 2.26. The van der Waals surface area contributed by atoms with Gasteiger partial charge in [0.15, 0.2) is 5.75 Å². The second-order valence-electron chi connectivity index (χ2n) is 7.65. The number of hydrogen-bond donors (Lipinski definition) is 2. The largest absolute Gasteiger partial charge is 0.493 e. The molecule has 0 saturated carbocycles. The van der Waals surface area contributed by atoms with E-state index in [-0.39, 0.29) is 28.7 Å². The van der Waals surface area contributed by atoms with Gasteiger partial charge in [0.1, 0.15) is 23.3 Å². The lowest BCUT2D eigenvalue weighted by Crippen LogP contribution is -2.34. The van der Waals surface area contributed by atoms with E-state index in [2.05, 4.69) is 10.3 Å². The molecule has 0 aliphatic carbocycles. The minimum Gasteiger partial charge on any atom is -0.493 e. The van der Waals surface area contributed by atoms with Gasteiger partial charge in [-0.15, -0.1) is 0 Å². The molecule has 188 valence electrons. The van der Waals surface area contributed by atoms with Gasteiger partial charge in [0.05, 0.1) is 12.4 Å². The van der Waals surface area contributed by atoms with Crippen LogP contribution in [0.25, 0.3) is 0 Å². The summed E-state index contributed by atoms with van der Waals surface area (Å²) in [6.45, 7) is 1.01. The van der Waals surface area contributed by atoms with Gasteiger partial charge in [-0.2, -0.15) is 12.6 Å². The summed E-state index contributed by atoms with van der Waals surface area (Å²) < 4.78 is 16.3. The second-order valence-corrected chi connectivity index (χ2v) is 9.02. The number of thiocarbonyl (C=S) groups is 1. The molecule has 2 unspecified atom stereocenters. The topological polar surface area (TPSA) is 86.8 Å². The molecule has 0 aliphatic rings. The van der Waals surface area contributed by atoms with Crippen molar-refractivity contribution < 1.29 is 23.8 Å². The van der Waals surface area contributed by atoms with Crippen molar-refractivity contribution in [2.24, 2.45) is 0 Å². The summed E-state index contributed by atoms with van der Waals surface area (Å²) in [5, 5.41) is 2.89. The van der Waals surface area contributed by atoms with Gasteiger partial charge in [-0.05, 0) is 17.2 Å². The van der Waals surface area contributed by atoms with Crippen LogP contribution in [0.5, 0.6) is 11.5 Å². The van der Waals surface area contributed by atoms with Gasteiger partial charge in [0.2, 0.25) is 5.75 Å². The maximum absolute atomic E-state index is 12.8. The molecule has 3 aromatic rings. The zero-order valence-corrected chi connectivity index (χ0v) is 22.1. The number of rotatable bonds is 10. The zero-order chi connectivity index (χ0) is 26.1. The lowest BCUT2D eigenvalue weighted by Gasteiger charge is -2.25. The van der Waals surface area contributed by atoms with Gasteiger partial charge in [-0.1, -0.05) is 72.3 Å². The Morgan fingerprint density at radius 1 is 1.11 bits per heavy atom. The van der Waals surface area contributed by atoms with Gasteiger partial charge < -0.3 is 19.5 Å². The van der Waals surface area contributed by atoms with E-state index < -0.39 is 23.3 Å². The first-order chi connectivity index (χ1) is 17.3. The van der Waals surface area contributed by atoms with Crippen molar-refractivity contribution in [2.75, 3.05) is 13.7 Å². The first kappa shape index (κ1) is 27.4. The molecular formula is C26H25ClN2O5S2. The summed E-state index contributed by atoms with van der Waals surface area (Å²) in [4.78, 5) is 28.6. The molecular weight excluding hydrogens is 520 g/mol. The summed E-state index contributed by atoms with van der Waals surface area (Å²) >= 11 is 16.5. The molecule has 1 aromatic heterocycles. The Bertz CT molecular complexity index is 1230. The molecule has 0 amide bonds. The number of benzene rings is 2. The molecule has 0 bridgehead atoms. The lowest BCUT2D eigenvalue weighted by atomic mass is 10.0. The van der Waals surface area contributed by atoms with Crippen molar-refractivity contribution in [3.63, 3.8) is 0 Å². The molecule has 0 aliphatic heterocycles. The highest BCUT2D eigenvalue weighted by atomic mass is 35.5. The number of halogens is 1. The molecule has 0 radical (unpaired) electrons. The van der Waals surface area contributed by atoms with Crippen molar-refractivity contribution in [2.45, 2.75) is 24.7 Å². The standard InChI is InChI=1S/C26H25ClN2O5S2/c1-16(30)33-24-20(32-2)12-13-28-23(24)26(36)29-15-22(31)34-21(14-17-8-4-3-5-9-17)25(35)18-10-6-7-11-19(18)27/h3-13,21,25,35H,14-15H2,1-2H3,(H,29,36). The van der Waals surface area contributed by atoms with E-state index >= 15 is 0 Å². The van der Waals surface area contributed by atoms with Gasteiger partial charge in [-0.25, -0.2) is 4.98 Å². The van der Waals surface area contributed by atoms with Crippen molar-refractivity contribution >= 4 is 53.4 Å². The number of methoxy groups -OCH3 is 1. The Kier molecular flexibility index (Phi) is 10.1. The molecule has 10 heteroatoms. The van der Waals surface area contributed by atoms with Crippen molar-refractivity contribution in [3.05, 3.63) is 88.7 Å². The van der Waals surface area contributed by atoms with Gasteiger partial charge >= 0.3 is 11.9 Å². The maximum atomic E-state index is 12.8. The number of pyridine rings is 1. The monoisotopic (exact) mass is 544 g/mol. The summed E-state index contributed by atoms with van der Waals surface area (Å²) in [6, 6.07) is 18.5. The molecule has 36 heavy (non-hydrogen) atoms. The number of thiol groups is 1. The Balaban J connectivity index is 1.73. The number of carbonyl (C=O) groups excluding carboxylic acids is 2. The number of hydrogen-bond acceptors (Lipinski definition) is 8. The predicted molar refractivity (Wildman–Crippen MR) is 145 cm³/mol. The Hall–Kier alpha value is -3.14. The summed E-state index contributed by atoms with van der Waals surface area (Å²) in [5.41, 5.74) is 1.90. The average molecular weight is 545 g/mol. The Labute approximate surface area is 225 Å². The summed E-state index contributed by atoms with van der Waals surface area (Å²) in [5.74, 6) is -0.772. The van der Waals surface area contributed by atoms with Crippen molar-refractivity contribution in [3.8, 4) is 11.5 Å². The number of aromatic nitrogens is 1. The SMILES string of the molecule is COc1ccnc(C(=S)NCC(=O)OC(Cc2ccccc2)C(S)c2ccccc2Cl)c1OC(C)=O. The Morgan fingerprint density at radius 2 is 1.81 bits per heavy atom. The predicted octanol–water partition coefficient (Wildman–Crippen LogP) is 4.76. The summed E-state index contributed by atoms with van der Waals surface area (Å²) in [6.07, 6.45) is 1.29. The van der Waals surface area contributed by atoms with E-state index in [0.717, 1.165) is 11.1 Å². The molecule has 2 atom stereocenters. The third-order valence-electron chi connectivity index (χ3n) is 5.08. The number of carbonyl (C=O) groups is 2. The van der Waals surface area contributed by atoms with Crippen molar-refractivity contribution in [1.29, 1.82) is 0 Å². The molecule has 1 heterocycles. The third kappa shape index (κ3) is 7.43. The van der Waals surface area contributed by atoms with E-state index in [0.29, 0.717) is 11.4 Å². The number of nitrogens with zero attached hydrogens (tertiary/aromatic N) is 1. The molecule has 2 aromatic carbocycles. The highest BCUT2D eigenvalue weighted by Crippen LogP contribution is 2.33. The fraction of sp³-hybridized carbons (Fsp3) is 0.231. The maximum Gasteiger partial charge on any atom is 0.325 e. The first-order valence-electron chi connectivity index (χ1n) is 11.0. The minimum atomic E-state index is -0.606. The molecule has 0 saturated heterocycles. The van der Waals surface area contributed by atoms with E-state index in [4.69, 9.17) is 50.7 Å².